The van der Waals surface area contributed by atoms with Gasteiger partial charge in [-0.25, -0.2) is 5.43 Å². The van der Waals surface area contributed by atoms with Gasteiger partial charge in [-0.15, -0.1) is 0 Å². The Balaban J connectivity index is 1.30. The number of halogens is 1. The van der Waals surface area contributed by atoms with Crippen molar-refractivity contribution in [3.05, 3.63) is 106 Å². The number of hydrogen-bond acceptors (Lipinski definition) is 4. The predicted octanol–water partition coefficient (Wildman–Crippen LogP) is 6.39. The number of amides is 1. The summed E-state index contributed by atoms with van der Waals surface area (Å²) in [4.78, 5) is 12.3. The van der Waals surface area contributed by atoms with Gasteiger partial charge in [-0.05, 0) is 72.7 Å². The Kier molecular flexibility index (Phi) is 6.60. The second kappa shape index (κ2) is 9.96. The van der Waals surface area contributed by atoms with E-state index in [2.05, 4.69) is 46.2 Å². The van der Waals surface area contributed by atoms with Crippen LogP contribution in [0, 0.1) is 12.8 Å². The van der Waals surface area contributed by atoms with Crippen molar-refractivity contribution in [2.45, 2.75) is 32.2 Å². The van der Waals surface area contributed by atoms with E-state index in [-0.39, 0.29) is 18.6 Å². The Morgan fingerprint density at radius 2 is 1.91 bits per heavy atom. The van der Waals surface area contributed by atoms with Gasteiger partial charge >= 0.3 is 0 Å². The minimum atomic E-state index is -0.298. The van der Waals surface area contributed by atoms with Crippen molar-refractivity contribution in [2.24, 2.45) is 11.0 Å². The number of carbonyl (C=O) groups is 1. The van der Waals surface area contributed by atoms with E-state index in [1.807, 2.05) is 62.4 Å². The lowest BCUT2D eigenvalue weighted by molar-refractivity contribution is -0.123. The van der Waals surface area contributed by atoms with Gasteiger partial charge in [0.2, 0.25) is 0 Å². The summed E-state index contributed by atoms with van der Waals surface area (Å²) in [5.41, 5.74) is 8.79. The molecule has 1 heterocycles. The number of allylic oxidation sites excluding steroid dienone is 2. The third-order valence-corrected chi connectivity index (χ3v) is 7.17. The highest BCUT2D eigenvalue weighted by Gasteiger charge is 2.38. The van der Waals surface area contributed by atoms with Gasteiger partial charge in [0, 0.05) is 16.6 Å². The lowest BCUT2D eigenvalue weighted by atomic mass is 9.76. The molecule has 1 aliphatic heterocycles. The van der Waals surface area contributed by atoms with Crippen LogP contribution in [0.3, 0.4) is 0 Å². The van der Waals surface area contributed by atoms with Crippen LogP contribution in [0.5, 0.6) is 5.75 Å². The molecule has 1 amide bonds. The molecule has 1 aliphatic carbocycles. The maximum atomic E-state index is 12.3. The Bertz CT molecular complexity index is 1320. The number of ether oxygens (including phenoxy) is 1. The molecule has 5 nitrogen and oxygen atoms in total. The van der Waals surface area contributed by atoms with Gasteiger partial charge in [-0.2, -0.15) is 5.10 Å². The van der Waals surface area contributed by atoms with Crippen LogP contribution in [0.25, 0.3) is 0 Å². The van der Waals surface area contributed by atoms with Gasteiger partial charge in [-0.1, -0.05) is 66.2 Å². The second-order valence-electron chi connectivity index (χ2n) is 9.09. The molecule has 3 atom stereocenters. The molecule has 6 heteroatoms. The molecule has 0 radical (unpaired) electrons. The summed E-state index contributed by atoms with van der Waals surface area (Å²) in [6, 6.07) is 22.1. The minimum Gasteiger partial charge on any atom is -0.483 e. The third kappa shape index (κ3) is 4.82. The molecule has 0 aromatic heterocycles. The number of nitrogens with one attached hydrogen (secondary N) is 2. The van der Waals surface area contributed by atoms with Gasteiger partial charge in [0.1, 0.15) is 5.75 Å². The predicted molar refractivity (Wildman–Crippen MR) is 141 cm³/mol. The van der Waals surface area contributed by atoms with Crippen LogP contribution in [0.15, 0.2) is 84.0 Å². The highest BCUT2D eigenvalue weighted by molar-refractivity contribution is 6.31. The van der Waals surface area contributed by atoms with Crippen molar-refractivity contribution in [3.63, 3.8) is 0 Å². The zero-order valence-corrected chi connectivity index (χ0v) is 20.5. The molecule has 2 N–H and O–H groups in total. The minimum absolute atomic E-state index is 0.0896. The number of anilines is 1. The number of rotatable bonds is 6. The van der Waals surface area contributed by atoms with Crippen molar-refractivity contribution >= 4 is 28.9 Å². The van der Waals surface area contributed by atoms with E-state index in [4.69, 9.17) is 16.3 Å². The average molecular weight is 486 g/mol. The number of fused-ring (bicyclic) bond motifs is 3. The van der Waals surface area contributed by atoms with Crippen molar-refractivity contribution in [1.29, 1.82) is 0 Å². The standard InChI is InChI=1S/C29H28ClN3O2/c1-18-8-3-6-13-27(18)35-17-28(34)33-32-19(2)20-14-15-26-24(16-20)21-10-7-11-22(21)29(31-26)23-9-4-5-12-25(23)30/h3-10,12-16,21-22,29,31H,11,17H2,1-2H3,(H,33,34)/b32-19-/t21-,22+,29-/m1/s1. The summed E-state index contributed by atoms with van der Waals surface area (Å²) in [5, 5.41) is 8.84. The first kappa shape index (κ1) is 23.2. The summed E-state index contributed by atoms with van der Waals surface area (Å²) in [5.74, 6) is 1.10. The van der Waals surface area contributed by atoms with Gasteiger partial charge in [0.25, 0.3) is 5.91 Å². The molecule has 0 saturated heterocycles. The first-order chi connectivity index (χ1) is 17.0. The number of carbonyl (C=O) groups excluding carboxylic acids is 1. The summed E-state index contributed by atoms with van der Waals surface area (Å²) in [6.45, 7) is 3.75. The molecule has 0 fully saturated rings. The number of nitrogens with zero attached hydrogens (tertiary/aromatic N) is 1. The topological polar surface area (TPSA) is 62.7 Å². The lowest BCUT2D eigenvalue weighted by Gasteiger charge is -2.38. The first-order valence-electron chi connectivity index (χ1n) is 11.8. The summed E-state index contributed by atoms with van der Waals surface area (Å²) >= 11 is 6.55. The van der Waals surface area contributed by atoms with Gasteiger partial charge < -0.3 is 10.1 Å². The maximum Gasteiger partial charge on any atom is 0.277 e. The molecule has 35 heavy (non-hydrogen) atoms. The Labute approximate surface area is 210 Å². The SMILES string of the molecule is C/C(=N/NC(=O)COc1ccccc1C)c1ccc2c(c1)[C@@H]1C=CC[C@@H]1[C@H](c1ccccc1Cl)N2. The van der Waals surface area contributed by atoms with Gasteiger partial charge in [0.05, 0.1) is 11.8 Å². The van der Waals surface area contributed by atoms with Crippen LogP contribution >= 0.6 is 11.6 Å². The molecule has 0 spiro atoms. The number of benzene rings is 3. The molecule has 178 valence electrons. The molecule has 3 aromatic rings. The maximum absolute atomic E-state index is 12.3. The highest BCUT2D eigenvalue weighted by Crippen LogP contribution is 2.50. The number of aryl methyl sites for hydroxylation is 1. The summed E-state index contributed by atoms with van der Waals surface area (Å²) in [7, 11) is 0. The smallest absolute Gasteiger partial charge is 0.277 e. The van der Waals surface area contributed by atoms with Gasteiger partial charge in [0.15, 0.2) is 6.61 Å². The normalized spacial score (nSPS) is 20.5. The monoisotopic (exact) mass is 485 g/mol. The quantitative estimate of drug-likeness (QED) is 0.241. The average Bonchev–Trinajstić information content (AvgIpc) is 3.37. The van der Waals surface area contributed by atoms with Crippen LogP contribution in [0.1, 0.15) is 47.6 Å². The molecule has 0 bridgehead atoms. The van der Waals surface area contributed by atoms with E-state index < -0.39 is 0 Å². The van der Waals surface area contributed by atoms with Crippen LogP contribution < -0.4 is 15.5 Å². The zero-order valence-electron chi connectivity index (χ0n) is 19.8. The van der Waals surface area contributed by atoms with Crippen molar-refractivity contribution in [1.82, 2.24) is 5.43 Å². The van der Waals surface area contributed by atoms with E-state index in [0.29, 0.717) is 17.6 Å². The lowest BCUT2D eigenvalue weighted by Crippen LogP contribution is -2.29. The largest absolute Gasteiger partial charge is 0.483 e. The van der Waals surface area contributed by atoms with Crippen LogP contribution in [0.4, 0.5) is 5.69 Å². The third-order valence-electron chi connectivity index (χ3n) is 6.82. The fourth-order valence-electron chi connectivity index (χ4n) is 4.96. The molecule has 3 aromatic carbocycles. The van der Waals surface area contributed by atoms with Crippen molar-refractivity contribution in [3.8, 4) is 5.75 Å². The van der Waals surface area contributed by atoms with E-state index in [9.17, 15) is 4.79 Å². The Morgan fingerprint density at radius 3 is 2.74 bits per heavy atom. The summed E-state index contributed by atoms with van der Waals surface area (Å²) < 4.78 is 5.61. The Hall–Kier alpha value is -3.57. The van der Waals surface area contributed by atoms with E-state index in [0.717, 1.165) is 39.5 Å². The molecular weight excluding hydrogens is 458 g/mol. The van der Waals surface area contributed by atoms with Gasteiger partial charge in [-0.3, -0.25) is 4.79 Å². The molecule has 5 rings (SSSR count). The number of hydrazone groups is 1. The van der Waals surface area contributed by atoms with E-state index in [1.165, 1.54) is 5.56 Å². The zero-order chi connectivity index (χ0) is 24.4. The number of para-hydroxylation sites is 1. The fourth-order valence-corrected chi connectivity index (χ4v) is 5.21. The summed E-state index contributed by atoms with van der Waals surface area (Å²) in [6.07, 6.45) is 5.56. The molecule has 0 unspecified atom stereocenters. The number of hydrogen-bond donors (Lipinski definition) is 2. The Morgan fingerprint density at radius 1 is 1.11 bits per heavy atom. The van der Waals surface area contributed by atoms with E-state index >= 15 is 0 Å². The molecular formula is C29H28ClN3O2. The van der Waals surface area contributed by atoms with Crippen LogP contribution in [-0.4, -0.2) is 18.2 Å². The highest BCUT2D eigenvalue weighted by atomic mass is 35.5. The van der Waals surface area contributed by atoms with Crippen molar-refractivity contribution < 1.29 is 9.53 Å². The van der Waals surface area contributed by atoms with Crippen molar-refractivity contribution in [2.75, 3.05) is 11.9 Å². The van der Waals surface area contributed by atoms with E-state index in [1.54, 1.807) is 0 Å². The van der Waals surface area contributed by atoms with Crippen LogP contribution in [-0.2, 0) is 4.79 Å². The molecule has 2 aliphatic rings. The fraction of sp³-hybridized carbons (Fsp3) is 0.241. The second-order valence-corrected chi connectivity index (χ2v) is 9.49. The molecule has 0 saturated carbocycles. The first-order valence-corrected chi connectivity index (χ1v) is 12.2. The van der Waals surface area contributed by atoms with Crippen LogP contribution in [0.2, 0.25) is 5.02 Å².